The predicted octanol–water partition coefficient (Wildman–Crippen LogP) is 3.89. The monoisotopic (exact) mass is 283 g/mol. The van der Waals surface area contributed by atoms with Crippen molar-refractivity contribution in [3.8, 4) is 0 Å². The number of carbonyl (C=O) groups is 1. The Hall–Kier alpha value is -0.570. The van der Waals surface area contributed by atoms with Crippen molar-refractivity contribution in [1.29, 1.82) is 0 Å². The van der Waals surface area contributed by atoms with Crippen LogP contribution < -0.4 is 0 Å². The Bertz CT molecular complexity index is 249. The molecular weight excluding hydrogens is 250 g/mol. The molecule has 0 saturated carbocycles. The minimum atomic E-state index is -0.267. The van der Waals surface area contributed by atoms with Gasteiger partial charge < -0.3 is 10.0 Å². The van der Waals surface area contributed by atoms with E-state index in [-0.39, 0.29) is 12.0 Å². The number of carbonyl (C=O) groups excluding carboxylic acids is 1. The molecule has 1 aliphatic heterocycles. The zero-order valence-electron chi connectivity index (χ0n) is 13.3. The minimum absolute atomic E-state index is 0.228. The zero-order valence-corrected chi connectivity index (χ0v) is 13.3. The molecule has 0 spiro atoms. The fourth-order valence-corrected chi connectivity index (χ4v) is 2.76. The molecule has 1 saturated heterocycles. The van der Waals surface area contributed by atoms with E-state index in [1.165, 1.54) is 64.2 Å². The quantitative estimate of drug-likeness (QED) is 0.552. The second-order valence-corrected chi connectivity index (χ2v) is 6.24. The van der Waals surface area contributed by atoms with Gasteiger partial charge in [-0.15, -0.1) is 0 Å². The van der Waals surface area contributed by atoms with E-state index in [2.05, 4.69) is 6.92 Å². The third-order valence-electron chi connectivity index (χ3n) is 4.21. The lowest BCUT2D eigenvalue weighted by molar-refractivity contribution is -0.141. The van der Waals surface area contributed by atoms with Gasteiger partial charge in [0.05, 0.1) is 6.10 Å². The van der Waals surface area contributed by atoms with Crippen LogP contribution in [0.4, 0.5) is 0 Å². The Morgan fingerprint density at radius 1 is 0.900 bits per heavy atom. The van der Waals surface area contributed by atoms with Crippen molar-refractivity contribution in [2.24, 2.45) is 0 Å². The van der Waals surface area contributed by atoms with E-state index in [0.717, 1.165) is 6.42 Å². The zero-order chi connectivity index (χ0) is 14.6. The first-order valence-electron chi connectivity index (χ1n) is 8.70. The molecule has 1 N–H and O–H groups in total. The van der Waals surface area contributed by atoms with Crippen LogP contribution >= 0.6 is 0 Å². The topological polar surface area (TPSA) is 40.5 Å². The van der Waals surface area contributed by atoms with E-state index in [1.54, 1.807) is 4.90 Å². The smallest absolute Gasteiger partial charge is 0.222 e. The van der Waals surface area contributed by atoms with Crippen molar-refractivity contribution < 1.29 is 9.90 Å². The molecule has 0 unspecified atom stereocenters. The highest BCUT2D eigenvalue weighted by Crippen LogP contribution is 2.14. The molecular formula is C17H33NO2. The SMILES string of the molecule is CCCCCCCCCCCCCC(=O)N1CC(O)C1. The number of nitrogens with zero attached hydrogens (tertiary/aromatic N) is 1. The number of unbranched alkanes of at least 4 members (excludes halogenated alkanes) is 10. The highest BCUT2D eigenvalue weighted by atomic mass is 16.3. The molecule has 1 fully saturated rings. The lowest BCUT2D eigenvalue weighted by Gasteiger charge is -2.35. The Labute approximate surface area is 124 Å². The van der Waals surface area contributed by atoms with Gasteiger partial charge >= 0.3 is 0 Å². The lowest BCUT2D eigenvalue weighted by atomic mass is 10.0. The maximum absolute atomic E-state index is 11.6. The van der Waals surface area contributed by atoms with Crippen LogP contribution in [0.1, 0.15) is 84.0 Å². The molecule has 3 nitrogen and oxygen atoms in total. The standard InChI is InChI=1S/C17H33NO2/c1-2-3-4-5-6-7-8-9-10-11-12-13-17(20)18-14-16(19)15-18/h16,19H,2-15H2,1H3. The summed E-state index contributed by atoms with van der Waals surface area (Å²) in [5, 5.41) is 9.13. The molecule has 1 heterocycles. The van der Waals surface area contributed by atoms with E-state index in [9.17, 15) is 4.79 Å². The second kappa shape index (κ2) is 11.1. The number of aliphatic hydroxyl groups excluding tert-OH is 1. The molecule has 0 aromatic carbocycles. The summed E-state index contributed by atoms with van der Waals surface area (Å²) in [5.74, 6) is 0.228. The van der Waals surface area contributed by atoms with E-state index >= 15 is 0 Å². The number of likely N-dealkylation sites (tertiary alicyclic amines) is 1. The molecule has 1 aliphatic rings. The molecule has 0 radical (unpaired) electrons. The van der Waals surface area contributed by atoms with Gasteiger partial charge in [-0.2, -0.15) is 0 Å². The lowest BCUT2D eigenvalue weighted by Crippen LogP contribution is -2.53. The van der Waals surface area contributed by atoms with Gasteiger partial charge in [-0.05, 0) is 6.42 Å². The highest BCUT2D eigenvalue weighted by Gasteiger charge is 2.27. The van der Waals surface area contributed by atoms with Crippen LogP contribution in [0, 0.1) is 0 Å². The average molecular weight is 283 g/mol. The number of rotatable bonds is 12. The van der Waals surface area contributed by atoms with Gasteiger partial charge in [0.1, 0.15) is 0 Å². The normalized spacial score (nSPS) is 15.4. The van der Waals surface area contributed by atoms with Crippen LogP contribution in [0.5, 0.6) is 0 Å². The van der Waals surface area contributed by atoms with Crippen molar-refractivity contribution in [3.05, 3.63) is 0 Å². The van der Waals surface area contributed by atoms with Crippen molar-refractivity contribution >= 4 is 5.91 Å². The van der Waals surface area contributed by atoms with Crippen LogP contribution in [-0.2, 0) is 4.79 Å². The first kappa shape index (κ1) is 17.5. The fraction of sp³-hybridized carbons (Fsp3) is 0.941. The molecule has 0 aromatic rings. The van der Waals surface area contributed by atoms with E-state index < -0.39 is 0 Å². The van der Waals surface area contributed by atoms with E-state index in [1.807, 2.05) is 0 Å². The van der Waals surface area contributed by atoms with Crippen LogP contribution in [0.3, 0.4) is 0 Å². The minimum Gasteiger partial charge on any atom is -0.389 e. The molecule has 0 aromatic heterocycles. The van der Waals surface area contributed by atoms with Gasteiger partial charge in [0, 0.05) is 19.5 Å². The summed E-state index contributed by atoms with van der Waals surface area (Å²) < 4.78 is 0. The van der Waals surface area contributed by atoms with Crippen LogP contribution in [0.25, 0.3) is 0 Å². The number of β-amino-alcohol motifs (C(OH)–C–C–N with tert-alkyl or cyclic N) is 1. The maximum Gasteiger partial charge on any atom is 0.222 e. The molecule has 0 atom stereocenters. The Balaban J connectivity index is 1.75. The van der Waals surface area contributed by atoms with Gasteiger partial charge in [-0.1, -0.05) is 71.1 Å². The number of amides is 1. The summed E-state index contributed by atoms with van der Waals surface area (Å²) in [4.78, 5) is 13.4. The summed E-state index contributed by atoms with van der Waals surface area (Å²) in [6, 6.07) is 0. The summed E-state index contributed by atoms with van der Waals surface area (Å²) in [6.45, 7) is 3.36. The van der Waals surface area contributed by atoms with Gasteiger partial charge in [-0.3, -0.25) is 4.79 Å². The van der Waals surface area contributed by atoms with Gasteiger partial charge in [0.25, 0.3) is 0 Å². The summed E-state index contributed by atoms with van der Waals surface area (Å²) in [7, 11) is 0. The van der Waals surface area contributed by atoms with Crippen LogP contribution in [0.2, 0.25) is 0 Å². The van der Waals surface area contributed by atoms with E-state index in [4.69, 9.17) is 5.11 Å². The van der Waals surface area contributed by atoms with Crippen molar-refractivity contribution in [3.63, 3.8) is 0 Å². The molecule has 118 valence electrons. The fourth-order valence-electron chi connectivity index (χ4n) is 2.76. The summed E-state index contributed by atoms with van der Waals surface area (Å²) in [6.07, 6.45) is 14.9. The van der Waals surface area contributed by atoms with Crippen molar-refractivity contribution in [2.75, 3.05) is 13.1 Å². The average Bonchev–Trinajstić information content (AvgIpc) is 2.41. The van der Waals surface area contributed by atoms with Crippen molar-refractivity contribution in [1.82, 2.24) is 4.90 Å². The second-order valence-electron chi connectivity index (χ2n) is 6.24. The first-order valence-corrected chi connectivity index (χ1v) is 8.70. The molecule has 0 bridgehead atoms. The largest absolute Gasteiger partial charge is 0.389 e. The number of aliphatic hydroxyl groups is 1. The van der Waals surface area contributed by atoms with Gasteiger partial charge in [0.2, 0.25) is 5.91 Å². The van der Waals surface area contributed by atoms with Crippen molar-refractivity contribution in [2.45, 2.75) is 90.1 Å². The highest BCUT2D eigenvalue weighted by molar-refractivity contribution is 5.77. The molecule has 3 heteroatoms. The number of hydrogen-bond donors (Lipinski definition) is 1. The van der Waals surface area contributed by atoms with E-state index in [0.29, 0.717) is 19.5 Å². The molecule has 1 amide bonds. The Morgan fingerprint density at radius 2 is 1.35 bits per heavy atom. The third kappa shape index (κ3) is 7.88. The summed E-state index contributed by atoms with van der Waals surface area (Å²) >= 11 is 0. The third-order valence-corrected chi connectivity index (χ3v) is 4.21. The molecule has 20 heavy (non-hydrogen) atoms. The number of hydrogen-bond acceptors (Lipinski definition) is 2. The summed E-state index contributed by atoms with van der Waals surface area (Å²) in [5.41, 5.74) is 0. The van der Waals surface area contributed by atoms with Gasteiger partial charge in [0.15, 0.2) is 0 Å². The van der Waals surface area contributed by atoms with Crippen LogP contribution in [-0.4, -0.2) is 35.1 Å². The van der Waals surface area contributed by atoms with Gasteiger partial charge in [-0.25, -0.2) is 0 Å². The first-order chi connectivity index (χ1) is 9.74. The van der Waals surface area contributed by atoms with Crippen LogP contribution in [0.15, 0.2) is 0 Å². The Morgan fingerprint density at radius 3 is 1.80 bits per heavy atom. The maximum atomic E-state index is 11.6. The molecule has 1 rings (SSSR count). The molecule has 0 aliphatic carbocycles. The Kier molecular flexibility index (Phi) is 9.73. The predicted molar refractivity (Wildman–Crippen MR) is 83.7 cm³/mol.